The van der Waals surface area contributed by atoms with Crippen molar-refractivity contribution in [2.45, 2.75) is 0 Å². The summed E-state index contributed by atoms with van der Waals surface area (Å²) in [5.74, 6) is 20.2. The quantitative estimate of drug-likeness (QED) is 0.140. The molecule has 10 heteroatoms. The van der Waals surface area contributed by atoms with Gasteiger partial charge in [0.15, 0.2) is 0 Å². The lowest BCUT2D eigenvalue weighted by atomic mass is 9.50. The van der Waals surface area contributed by atoms with Crippen LogP contribution < -0.4 is 29.5 Å². The molecular formula is C80H60B5N5. The minimum Gasteiger partial charge on any atom is -0.383 e. The van der Waals surface area contributed by atoms with Gasteiger partial charge in [-0.3, -0.25) is 0 Å². The Morgan fingerprint density at radius 2 is 0.733 bits per heavy atom. The number of nitrogens with zero attached hydrogens (tertiary/aromatic N) is 5. The van der Waals surface area contributed by atoms with Crippen LogP contribution in [0.5, 0.6) is 0 Å². The van der Waals surface area contributed by atoms with E-state index in [0.29, 0.717) is 34.2 Å². The Labute approximate surface area is 529 Å². The van der Waals surface area contributed by atoms with Gasteiger partial charge in [-0.1, -0.05) is 278 Å². The first-order valence-corrected chi connectivity index (χ1v) is 31.3. The van der Waals surface area contributed by atoms with Crippen molar-refractivity contribution in [1.82, 2.24) is 0 Å². The summed E-state index contributed by atoms with van der Waals surface area (Å²) in [4.78, 5) is 11.7. The second kappa shape index (κ2) is 23.9. The van der Waals surface area contributed by atoms with Gasteiger partial charge in [-0.2, -0.15) is 0 Å². The maximum absolute atomic E-state index is 2.41. The van der Waals surface area contributed by atoms with Gasteiger partial charge >= 0.3 is 34.2 Å². The SMILES string of the molecule is C1=CB2C=Cc3c(ccc4ccccc34)N2C=C1.C1=CB2C=Cc3cc4ccccc4cc3N2C=C1.C1=CB2C=Cc3ccc4ccccc4c3N2C=C1.C1=CB2c3ccccc3-c3ccccc3N2C=C1.C1=Cc2ccccc2N2B1C=Cc1ccccc12. The van der Waals surface area contributed by atoms with Crippen LogP contribution in [0, 0.1) is 0 Å². The fraction of sp³-hybridized carbons (Fsp3) is 0. The Hall–Kier alpha value is -11.1. The molecule has 10 aliphatic heterocycles. The molecular weight excluding hydrogens is 1080 g/mol. The highest BCUT2D eigenvalue weighted by molar-refractivity contribution is 6.84. The van der Waals surface area contributed by atoms with Crippen LogP contribution in [0.15, 0.2) is 333 Å². The number of para-hydroxylation sites is 3. The predicted molar refractivity (Wildman–Crippen MR) is 395 cm³/mol. The number of rotatable bonds is 0. The molecule has 0 aliphatic carbocycles. The van der Waals surface area contributed by atoms with Crippen LogP contribution >= 0.6 is 0 Å². The number of hydrogen-bond acceptors (Lipinski definition) is 5. The van der Waals surface area contributed by atoms with E-state index < -0.39 is 0 Å². The van der Waals surface area contributed by atoms with Gasteiger partial charge in [0.05, 0.1) is 0 Å². The summed E-state index contributed by atoms with van der Waals surface area (Å²) in [6.45, 7) is 1.76. The van der Waals surface area contributed by atoms with Crippen molar-refractivity contribution >= 4 is 137 Å². The Morgan fingerprint density at radius 3 is 1.44 bits per heavy atom. The lowest BCUT2D eigenvalue weighted by Crippen LogP contribution is -2.48. The highest BCUT2D eigenvalue weighted by Gasteiger charge is 2.33. The Bertz CT molecular complexity index is 4760. The number of allylic oxidation sites excluding steroid dienone is 8. The van der Waals surface area contributed by atoms with Crippen molar-refractivity contribution in [2.75, 3.05) is 24.1 Å². The molecule has 10 heterocycles. The van der Waals surface area contributed by atoms with E-state index in [4.69, 9.17) is 0 Å². The molecule has 5 nitrogen and oxygen atoms in total. The molecule has 0 fully saturated rings. The Morgan fingerprint density at radius 1 is 0.256 bits per heavy atom. The summed E-state index contributed by atoms with van der Waals surface area (Å²) in [5.41, 5.74) is 18.3. The zero-order valence-corrected chi connectivity index (χ0v) is 49.8. The fourth-order valence-electron chi connectivity index (χ4n) is 14.0. The second-order valence-electron chi connectivity index (χ2n) is 23.5. The molecule has 0 radical (unpaired) electrons. The molecule has 420 valence electrons. The summed E-state index contributed by atoms with van der Waals surface area (Å²) >= 11 is 0. The van der Waals surface area contributed by atoms with Crippen LogP contribution in [0.2, 0.25) is 0 Å². The minimum absolute atomic E-state index is 0.334. The lowest BCUT2D eigenvalue weighted by molar-refractivity contribution is 1.34. The Balaban J connectivity index is 0.0000000901. The average molecular weight is 1150 g/mol. The van der Waals surface area contributed by atoms with Crippen molar-refractivity contribution in [2.24, 2.45) is 0 Å². The van der Waals surface area contributed by atoms with E-state index in [1.165, 1.54) is 111 Å². The summed E-state index contributed by atoms with van der Waals surface area (Å²) in [6, 6.07) is 73.5. The molecule has 20 rings (SSSR count). The van der Waals surface area contributed by atoms with E-state index in [1.807, 2.05) is 0 Å². The van der Waals surface area contributed by atoms with Crippen LogP contribution in [0.25, 0.3) is 73.8 Å². The fourth-order valence-corrected chi connectivity index (χ4v) is 14.0. The highest BCUT2D eigenvalue weighted by Crippen LogP contribution is 2.42. The van der Waals surface area contributed by atoms with Crippen molar-refractivity contribution in [3.8, 4) is 11.1 Å². The van der Waals surface area contributed by atoms with E-state index in [9.17, 15) is 0 Å². The van der Waals surface area contributed by atoms with Gasteiger partial charge < -0.3 is 24.1 Å². The summed E-state index contributed by atoms with van der Waals surface area (Å²) in [5, 5.41) is 7.85. The van der Waals surface area contributed by atoms with Gasteiger partial charge in [0, 0.05) is 50.6 Å². The van der Waals surface area contributed by atoms with Gasteiger partial charge in [-0.15, -0.1) is 0 Å². The first kappa shape index (κ1) is 54.3. The molecule has 90 heavy (non-hydrogen) atoms. The first-order chi connectivity index (χ1) is 44.7. The van der Waals surface area contributed by atoms with Crippen LogP contribution in [-0.4, -0.2) is 34.2 Å². The van der Waals surface area contributed by atoms with Gasteiger partial charge in [0.1, 0.15) is 0 Å². The van der Waals surface area contributed by atoms with E-state index >= 15 is 0 Å². The minimum atomic E-state index is 0.334. The molecule has 10 aliphatic rings. The van der Waals surface area contributed by atoms with E-state index in [1.54, 1.807) is 0 Å². The molecule has 0 saturated heterocycles. The Kier molecular flexibility index (Phi) is 14.4. The molecule has 0 spiro atoms. The van der Waals surface area contributed by atoms with Gasteiger partial charge in [-0.05, 0) is 146 Å². The van der Waals surface area contributed by atoms with Crippen molar-refractivity contribution < 1.29 is 0 Å². The highest BCUT2D eigenvalue weighted by atomic mass is 15.1. The topological polar surface area (TPSA) is 16.2 Å². The van der Waals surface area contributed by atoms with E-state index in [-0.39, 0.29) is 0 Å². The zero-order chi connectivity index (χ0) is 59.7. The normalized spacial score (nSPS) is 15.6. The zero-order valence-electron chi connectivity index (χ0n) is 49.8. The van der Waals surface area contributed by atoms with Crippen molar-refractivity contribution in [3.05, 3.63) is 361 Å². The second-order valence-corrected chi connectivity index (χ2v) is 23.5. The monoisotopic (exact) mass is 1150 g/mol. The molecule has 0 saturated carbocycles. The molecule has 0 atom stereocenters. The van der Waals surface area contributed by atoms with Crippen LogP contribution in [-0.2, 0) is 0 Å². The third kappa shape index (κ3) is 10.2. The number of fused-ring (bicyclic) bond motifs is 25. The summed E-state index contributed by atoms with van der Waals surface area (Å²) in [6.07, 6.45) is 36.6. The molecule has 10 aromatic rings. The van der Waals surface area contributed by atoms with Crippen molar-refractivity contribution in [3.63, 3.8) is 0 Å². The average Bonchev–Trinajstić information content (AvgIpc) is 1.19. The van der Waals surface area contributed by atoms with E-state index in [2.05, 4.69) is 388 Å². The molecule has 10 aromatic carbocycles. The maximum atomic E-state index is 2.41. The van der Waals surface area contributed by atoms with Crippen molar-refractivity contribution in [1.29, 1.82) is 0 Å². The number of anilines is 6. The van der Waals surface area contributed by atoms with Gasteiger partial charge in [0.25, 0.3) is 0 Å². The third-order valence-corrected chi connectivity index (χ3v) is 18.3. The predicted octanol–water partition coefficient (Wildman–Crippen LogP) is 18.4. The molecule has 0 unspecified atom stereocenters. The smallest absolute Gasteiger partial charge is 0.320 e. The third-order valence-electron chi connectivity index (χ3n) is 18.3. The van der Waals surface area contributed by atoms with Crippen LogP contribution in [0.1, 0.15) is 27.8 Å². The number of hydrogen-bond donors (Lipinski definition) is 0. The summed E-state index contributed by atoms with van der Waals surface area (Å²) in [7, 11) is 0. The van der Waals surface area contributed by atoms with Gasteiger partial charge in [-0.25, -0.2) is 0 Å². The molecule has 0 amide bonds. The largest absolute Gasteiger partial charge is 0.383 e. The molecule has 0 N–H and O–H groups in total. The maximum Gasteiger partial charge on any atom is 0.320 e. The molecule has 0 bridgehead atoms. The van der Waals surface area contributed by atoms with Gasteiger partial charge in [0.2, 0.25) is 0 Å². The standard InChI is InChI=1S/5C16H12BN/c1-3-9-15-13(7-1)14-8-2-4-10-16(14)18-12-6-5-11-17(15)18;1-3-7-15-13(5-1)9-11-17-12-10-14-6-2-4-8-16(14)18(15)17;1-2-6-15-13(5-1)7-8-14-9-11-17-10-3-4-12-18(17)16(14)15;1-2-6-14-13(5-1)7-8-16-15(14)9-11-17-10-3-4-12-18(16)17;1-2-6-14-12-16-15(11-13(14)5-1)7-9-17-8-3-4-10-18(16)17/h5*1-12H. The van der Waals surface area contributed by atoms with E-state index in [0.717, 1.165) is 0 Å². The lowest BCUT2D eigenvalue weighted by Gasteiger charge is -2.36. The first-order valence-electron chi connectivity index (χ1n) is 31.3. The van der Waals surface area contributed by atoms with Crippen LogP contribution in [0.3, 0.4) is 0 Å². The summed E-state index contributed by atoms with van der Waals surface area (Å²) < 4.78 is 0. The molecule has 0 aromatic heterocycles. The van der Waals surface area contributed by atoms with Crippen LogP contribution in [0.4, 0.5) is 34.1 Å². The number of benzene rings is 10.